The van der Waals surface area contributed by atoms with Gasteiger partial charge in [0, 0.05) is 65.2 Å². The summed E-state index contributed by atoms with van der Waals surface area (Å²) in [6, 6.07) is 5.73. The molecule has 380 valence electrons. The minimum Gasteiger partial charge on any atom is -0.397 e. The van der Waals surface area contributed by atoms with E-state index >= 15 is 0 Å². The highest BCUT2D eigenvalue weighted by molar-refractivity contribution is 6.77. The highest BCUT2D eigenvalue weighted by Gasteiger charge is 2.12. The Bertz CT molecular complexity index is 683. The Balaban J connectivity index is -0.0000000527. The van der Waals surface area contributed by atoms with Gasteiger partial charge in [0.1, 0.15) is 12.6 Å². The van der Waals surface area contributed by atoms with Crippen molar-refractivity contribution in [3.8, 4) is 0 Å². The summed E-state index contributed by atoms with van der Waals surface area (Å²) < 4.78 is 0. The van der Waals surface area contributed by atoms with Crippen molar-refractivity contribution in [3.63, 3.8) is 0 Å². The Morgan fingerprint density at radius 2 is 0.639 bits per heavy atom. The van der Waals surface area contributed by atoms with E-state index in [1.165, 1.54) is 83.8 Å². The first-order valence-electron chi connectivity index (χ1n) is 23.4. The van der Waals surface area contributed by atoms with Crippen molar-refractivity contribution < 1.29 is 24.9 Å². The van der Waals surface area contributed by atoms with Crippen molar-refractivity contribution >= 4 is 57.3 Å². The summed E-state index contributed by atoms with van der Waals surface area (Å²) in [7, 11) is 0.374. The van der Waals surface area contributed by atoms with Gasteiger partial charge >= 0.3 is 0 Å². The van der Waals surface area contributed by atoms with E-state index in [4.69, 9.17) is 24.9 Å². The van der Waals surface area contributed by atoms with E-state index in [1.54, 1.807) is 20.8 Å². The zero-order valence-electron chi connectivity index (χ0n) is 46.2. The summed E-state index contributed by atoms with van der Waals surface area (Å²) in [5.74, 6) is 0. The van der Waals surface area contributed by atoms with Crippen molar-refractivity contribution in [2.75, 3.05) is 79.7 Å². The van der Waals surface area contributed by atoms with Crippen LogP contribution in [0.3, 0.4) is 0 Å². The molecule has 11 nitrogen and oxygen atoms in total. The Morgan fingerprint density at radius 3 is 0.770 bits per heavy atom. The number of carbonyl (C=O) groups excluding carboxylic acids is 2. The highest BCUT2D eigenvalue weighted by atomic mass is 28.3. The molecule has 0 aliphatic carbocycles. The zero-order chi connectivity index (χ0) is 51.1. The number of rotatable bonds is 19. The lowest BCUT2D eigenvalue weighted by atomic mass is 10.5. The molecule has 0 radical (unpaired) electrons. The summed E-state index contributed by atoms with van der Waals surface area (Å²) >= 11 is 0. The molecule has 0 fully saturated rings. The predicted molar refractivity (Wildman–Crippen MR) is 298 cm³/mol. The van der Waals surface area contributed by atoms with Gasteiger partial charge in [-0.2, -0.15) is 0 Å². The van der Waals surface area contributed by atoms with Crippen LogP contribution in [0.5, 0.6) is 0 Å². The maximum absolute atomic E-state index is 8.81. The van der Waals surface area contributed by atoms with Gasteiger partial charge in [-0.1, -0.05) is 124 Å². The quantitative estimate of drug-likeness (QED) is 0.0287. The number of hydrogen-bond acceptors (Lipinski definition) is 11. The number of carbonyl (C=O) groups is 2. The Labute approximate surface area is 389 Å². The molecular weight excluding hydrogens is 829 g/mol. The van der Waals surface area contributed by atoms with E-state index < -0.39 is 32.3 Å². The Kier molecular flexibility index (Phi) is 114. The van der Waals surface area contributed by atoms with Crippen LogP contribution >= 0.6 is 0 Å². The van der Waals surface area contributed by atoms with Crippen LogP contribution in [0, 0.1) is 0 Å². The van der Waals surface area contributed by atoms with Gasteiger partial charge in [0.25, 0.3) is 0 Å². The van der Waals surface area contributed by atoms with Crippen LogP contribution in [-0.2, 0) is 9.59 Å². The van der Waals surface area contributed by atoms with Crippen molar-refractivity contribution in [2.24, 2.45) is 15.7 Å². The summed E-state index contributed by atoms with van der Waals surface area (Å²) in [5, 5.41) is 32.3. The van der Waals surface area contributed by atoms with Crippen LogP contribution in [-0.4, -0.2) is 152 Å². The second-order valence-corrected chi connectivity index (χ2v) is 40.3. The van der Waals surface area contributed by atoms with Crippen molar-refractivity contribution in [1.29, 1.82) is 0 Å². The molecule has 0 atom stereocenters. The molecule has 15 heteroatoms. The zero-order valence-corrected chi connectivity index (χ0v) is 50.2. The van der Waals surface area contributed by atoms with E-state index in [0.717, 1.165) is 45.3 Å². The fourth-order valence-electron chi connectivity index (χ4n) is 3.50. The standard InChI is InChI=1S/2C8H21NSi.2C8H19NSi.C3H9N.3C2H6O.2C2H4O.CH5N/c4*1-5-9-7-6-8-10(2,3)4;1-3-4-2;5*1-2-3;1-2/h2*9H,5-8H2,1-4H3;2*5H,6-8H2,1-4H3;4H,3H2,1-2H3;3*3H,2H2,1H3;2*2H,1H3;2H2,1H3. The predicted octanol–water partition coefficient (Wildman–Crippen LogP) is 10.5. The second kappa shape index (κ2) is 79.6. The number of aliphatic imine (C=N–C) groups is 2. The third kappa shape index (κ3) is 243. The molecule has 0 aromatic heterocycles. The molecule has 0 heterocycles. The minimum atomic E-state index is -0.781. The van der Waals surface area contributed by atoms with Crippen LogP contribution in [0.4, 0.5) is 0 Å². The molecule has 0 spiro atoms. The summed E-state index contributed by atoms with van der Waals surface area (Å²) in [5.41, 5.74) is 4.50. The number of aldehydes is 2. The van der Waals surface area contributed by atoms with Gasteiger partial charge in [-0.25, -0.2) is 0 Å². The van der Waals surface area contributed by atoms with E-state index in [-0.39, 0.29) is 19.8 Å². The SMILES string of the molecule is CC=NCCC[Si](C)(C)C.CC=NCCC[Si](C)(C)C.CC=O.CC=O.CCNC.CCNCCC[Si](C)(C)C.CCNCCC[Si](C)(C)C.CCO.CCO.CCO.CN. The van der Waals surface area contributed by atoms with Gasteiger partial charge in [0.2, 0.25) is 0 Å². The lowest BCUT2D eigenvalue weighted by molar-refractivity contribution is -0.106. The molecule has 0 aromatic rings. The fourth-order valence-corrected chi connectivity index (χ4v) is 8.41. The van der Waals surface area contributed by atoms with Crippen LogP contribution in [0.15, 0.2) is 9.98 Å². The van der Waals surface area contributed by atoms with E-state index in [2.05, 4.69) is 131 Å². The van der Waals surface area contributed by atoms with E-state index in [1.807, 2.05) is 33.3 Å². The maximum atomic E-state index is 8.81. The number of nitrogens with two attached hydrogens (primary N) is 1. The lowest BCUT2D eigenvalue weighted by Crippen LogP contribution is -2.22. The van der Waals surface area contributed by atoms with Crippen molar-refractivity contribution in [1.82, 2.24) is 16.0 Å². The third-order valence-corrected chi connectivity index (χ3v) is 13.6. The van der Waals surface area contributed by atoms with Gasteiger partial charge in [-0.3, -0.25) is 9.98 Å². The number of hydrogen-bond donors (Lipinski definition) is 7. The monoisotopic (exact) mass is 949 g/mol. The smallest absolute Gasteiger partial charge is 0.116 e. The van der Waals surface area contributed by atoms with Crippen LogP contribution in [0.1, 0.15) is 94.9 Å². The van der Waals surface area contributed by atoms with Crippen molar-refractivity contribution in [2.45, 2.75) is 198 Å². The topological polar surface area (TPSA) is 182 Å². The second-order valence-electron chi connectivity index (χ2n) is 17.8. The molecule has 0 saturated heterocycles. The highest BCUT2D eigenvalue weighted by Crippen LogP contribution is 2.12. The summed E-state index contributed by atoms with van der Waals surface area (Å²) in [6.45, 7) is 55.8. The average Bonchev–Trinajstić information content (AvgIpc) is 3.14. The molecule has 0 saturated carbocycles. The lowest BCUT2D eigenvalue weighted by Gasteiger charge is -2.14. The Morgan fingerprint density at radius 1 is 0.459 bits per heavy atom. The molecule has 0 aliphatic heterocycles. The first kappa shape index (κ1) is 87.2. The van der Waals surface area contributed by atoms with Gasteiger partial charge in [0.15, 0.2) is 0 Å². The minimum absolute atomic E-state index is 0.250. The maximum Gasteiger partial charge on any atom is 0.116 e. The van der Waals surface area contributed by atoms with Crippen LogP contribution in [0.25, 0.3) is 0 Å². The van der Waals surface area contributed by atoms with Gasteiger partial charge in [-0.05, 0) is 133 Å². The molecule has 0 aliphatic rings. The summed E-state index contributed by atoms with van der Waals surface area (Å²) in [6.07, 6.45) is 10.6. The number of aliphatic hydroxyl groups excluding tert-OH is 3. The molecule has 0 unspecified atom stereocenters. The van der Waals surface area contributed by atoms with Gasteiger partial charge in [0.05, 0.1) is 0 Å². The number of nitrogens with zero attached hydrogens (tertiary/aromatic N) is 2. The third-order valence-electron chi connectivity index (χ3n) is 6.21. The first-order chi connectivity index (χ1) is 28.2. The summed E-state index contributed by atoms with van der Waals surface area (Å²) in [4.78, 5) is 26.0. The van der Waals surface area contributed by atoms with E-state index in [9.17, 15) is 0 Å². The van der Waals surface area contributed by atoms with Crippen molar-refractivity contribution in [3.05, 3.63) is 0 Å². The van der Waals surface area contributed by atoms with Crippen LogP contribution < -0.4 is 21.7 Å². The molecule has 8 N–H and O–H groups in total. The molecule has 0 aromatic carbocycles. The molecule has 0 rings (SSSR count). The normalized spacial score (nSPS) is 10.0. The average molecular weight is 950 g/mol. The Hall–Kier alpha value is -0.732. The fraction of sp³-hybridized carbons (Fsp3) is 0.913. The van der Waals surface area contributed by atoms with E-state index in [0.29, 0.717) is 0 Å². The number of nitrogens with one attached hydrogen (secondary N) is 3. The van der Waals surface area contributed by atoms with Gasteiger partial charge in [-0.15, -0.1) is 0 Å². The molecule has 61 heavy (non-hydrogen) atoms. The van der Waals surface area contributed by atoms with Gasteiger partial charge < -0.3 is 46.6 Å². The first-order valence-corrected chi connectivity index (χ1v) is 38.2. The molecular formula is C46H120N6O5Si4. The number of aliphatic hydroxyl groups is 3. The largest absolute Gasteiger partial charge is 0.397 e. The molecule has 0 bridgehead atoms. The van der Waals surface area contributed by atoms with Crippen LogP contribution in [0.2, 0.25) is 103 Å². The molecule has 0 amide bonds.